The Hall–Kier alpha value is -1.16. The van der Waals surface area contributed by atoms with Crippen molar-refractivity contribution in [3.05, 3.63) is 45.2 Å². The second-order valence-corrected chi connectivity index (χ2v) is 6.15. The highest BCUT2D eigenvalue weighted by Crippen LogP contribution is 2.29. The summed E-state index contributed by atoms with van der Waals surface area (Å²) in [5.74, 6) is 1.06. The van der Waals surface area contributed by atoms with Crippen molar-refractivity contribution in [2.75, 3.05) is 0 Å². The zero-order chi connectivity index (χ0) is 14.3. The molecule has 0 fully saturated rings. The van der Waals surface area contributed by atoms with Crippen LogP contribution in [0.2, 0.25) is 10.0 Å². The van der Waals surface area contributed by atoms with Gasteiger partial charge in [0.05, 0.1) is 11.4 Å². The van der Waals surface area contributed by atoms with E-state index in [1.807, 2.05) is 12.1 Å². The predicted molar refractivity (Wildman–Crippen MR) is 82.1 cm³/mol. The Balaban J connectivity index is 2.17. The van der Waals surface area contributed by atoms with Crippen LogP contribution in [0.4, 0.5) is 0 Å². The number of halogens is 2. The lowest BCUT2D eigenvalue weighted by Gasteiger charge is -2.12. The van der Waals surface area contributed by atoms with Crippen molar-refractivity contribution in [2.24, 2.45) is 0 Å². The molecule has 2 heterocycles. The van der Waals surface area contributed by atoms with Crippen LogP contribution in [0.1, 0.15) is 36.7 Å². The molecule has 0 saturated heterocycles. The predicted octanol–water partition coefficient (Wildman–Crippen LogP) is 4.18. The molecule has 0 bridgehead atoms. The fourth-order valence-electron chi connectivity index (χ4n) is 2.48. The van der Waals surface area contributed by atoms with Crippen LogP contribution >= 0.6 is 23.2 Å². The van der Waals surface area contributed by atoms with Crippen molar-refractivity contribution in [1.82, 2.24) is 15.3 Å². The van der Waals surface area contributed by atoms with E-state index >= 15 is 0 Å². The molecule has 1 aliphatic rings. The monoisotopic (exact) mass is 307 g/mol. The lowest BCUT2D eigenvalue weighted by Crippen LogP contribution is -2.05. The molecule has 5 heteroatoms. The first-order valence-corrected chi connectivity index (χ1v) is 7.37. The summed E-state index contributed by atoms with van der Waals surface area (Å²) in [6.07, 6.45) is 0. The zero-order valence-electron chi connectivity index (χ0n) is 11.4. The first-order chi connectivity index (χ1) is 9.54. The Morgan fingerprint density at radius 1 is 1.05 bits per heavy atom. The quantitative estimate of drug-likeness (QED) is 0.904. The highest BCUT2D eigenvalue weighted by atomic mass is 35.5. The number of aromatic nitrogens is 2. The number of rotatable bonds is 2. The second kappa shape index (κ2) is 5.32. The molecule has 0 saturated carbocycles. The van der Waals surface area contributed by atoms with E-state index in [0.29, 0.717) is 21.8 Å². The van der Waals surface area contributed by atoms with Gasteiger partial charge in [-0.05, 0) is 24.1 Å². The number of fused-ring (bicyclic) bond motifs is 1. The summed E-state index contributed by atoms with van der Waals surface area (Å²) in [5.41, 5.74) is 4.27. The summed E-state index contributed by atoms with van der Waals surface area (Å²) < 4.78 is 0. The minimum absolute atomic E-state index is 0.361. The Kier molecular flexibility index (Phi) is 3.67. The lowest BCUT2D eigenvalue weighted by molar-refractivity contribution is 0.746. The molecule has 0 aliphatic carbocycles. The zero-order valence-corrected chi connectivity index (χ0v) is 12.9. The summed E-state index contributed by atoms with van der Waals surface area (Å²) in [4.78, 5) is 9.39. The van der Waals surface area contributed by atoms with Gasteiger partial charge in [-0.1, -0.05) is 37.0 Å². The van der Waals surface area contributed by atoms with E-state index in [0.717, 1.165) is 30.0 Å². The molecule has 2 aromatic rings. The Morgan fingerprint density at radius 3 is 2.40 bits per heavy atom. The maximum absolute atomic E-state index is 6.07. The van der Waals surface area contributed by atoms with Crippen LogP contribution < -0.4 is 5.32 Å². The summed E-state index contributed by atoms with van der Waals surface area (Å²) in [6, 6.07) is 5.41. The van der Waals surface area contributed by atoms with Gasteiger partial charge in [0, 0.05) is 34.3 Å². The smallest absolute Gasteiger partial charge is 0.159 e. The minimum atomic E-state index is 0.361. The van der Waals surface area contributed by atoms with Gasteiger partial charge in [0.2, 0.25) is 0 Å². The van der Waals surface area contributed by atoms with E-state index in [4.69, 9.17) is 28.2 Å². The van der Waals surface area contributed by atoms with Gasteiger partial charge in [0.15, 0.2) is 5.82 Å². The van der Waals surface area contributed by atoms with E-state index in [1.54, 1.807) is 6.07 Å². The van der Waals surface area contributed by atoms with E-state index in [-0.39, 0.29) is 0 Å². The highest BCUT2D eigenvalue weighted by Gasteiger charge is 2.21. The van der Waals surface area contributed by atoms with Gasteiger partial charge in [-0.25, -0.2) is 9.97 Å². The summed E-state index contributed by atoms with van der Waals surface area (Å²) in [5, 5.41) is 4.53. The van der Waals surface area contributed by atoms with E-state index in [2.05, 4.69) is 24.1 Å². The van der Waals surface area contributed by atoms with E-state index < -0.39 is 0 Å². The van der Waals surface area contributed by atoms with Crippen molar-refractivity contribution >= 4 is 23.2 Å². The third-order valence-corrected chi connectivity index (χ3v) is 3.82. The third kappa shape index (κ3) is 2.53. The number of hydrogen-bond donors (Lipinski definition) is 1. The van der Waals surface area contributed by atoms with Gasteiger partial charge >= 0.3 is 0 Å². The topological polar surface area (TPSA) is 37.8 Å². The Morgan fingerprint density at radius 2 is 1.75 bits per heavy atom. The molecule has 0 amide bonds. The lowest BCUT2D eigenvalue weighted by atomic mass is 10.0. The van der Waals surface area contributed by atoms with Crippen LogP contribution in [-0.2, 0) is 13.1 Å². The highest BCUT2D eigenvalue weighted by molar-refractivity contribution is 6.35. The van der Waals surface area contributed by atoms with Crippen LogP contribution in [0.3, 0.4) is 0 Å². The van der Waals surface area contributed by atoms with Gasteiger partial charge in [0.1, 0.15) is 0 Å². The first-order valence-electron chi connectivity index (χ1n) is 6.61. The fourth-order valence-corrected chi connectivity index (χ4v) is 3.01. The molecule has 0 atom stereocenters. The molecule has 0 radical (unpaired) electrons. The van der Waals surface area contributed by atoms with Crippen molar-refractivity contribution in [3.8, 4) is 11.4 Å². The molecule has 3 rings (SSSR count). The van der Waals surface area contributed by atoms with Crippen molar-refractivity contribution in [3.63, 3.8) is 0 Å². The van der Waals surface area contributed by atoms with Gasteiger partial charge in [-0.2, -0.15) is 0 Å². The van der Waals surface area contributed by atoms with Gasteiger partial charge in [-0.3, -0.25) is 0 Å². The van der Waals surface area contributed by atoms with Crippen LogP contribution in [0.25, 0.3) is 11.4 Å². The average Bonchev–Trinajstić information content (AvgIpc) is 2.84. The maximum Gasteiger partial charge on any atom is 0.159 e. The van der Waals surface area contributed by atoms with Crippen LogP contribution in [0, 0.1) is 0 Å². The summed E-state index contributed by atoms with van der Waals surface area (Å²) >= 11 is 12.1. The average molecular weight is 308 g/mol. The van der Waals surface area contributed by atoms with Gasteiger partial charge < -0.3 is 5.32 Å². The molecule has 3 nitrogen and oxygen atoms in total. The second-order valence-electron chi connectivity index (χ2n) is 5.27. The SMILES string of the molecule is CC(C)c1nc(-c2cc(Cl)cc(Cl)c2)nc2c1CNC2. The summed E-state index contributed by atoms with van der Waals surface area (Å²) in [7, 11) is 0. The van der Waals surface area contributed by atoms with Crippen molar-refractivity contribution in [1.29, 1.82) is 0 Å². The Bertz CT molecular complexity index is 648. The third-order valence-electron chi connectivity index (χ3n) is 3.39. The molecule has 20 heavy (non-hydrogen) atoms. The molecule has 1 aliphatic heterocycles. The molecule has 0 unspecified atom stereocenters. The summed E-state index contributed by atoms with van der Waals surface area (Å²) in [6.45, 7) is 5.93. The molecule has 0 spiro atoms. The number of benzene rings is 1. The number of nitrogens with one attached hydrogen (secondary N) is 1. The van der Waals surface area contributed by atoms with Crippen molar-refractivity contribution < 1.29 is 0 Å². The molecule has 104 valence electrons. The standard InChI is InChI=1S/C15H15Cl2N3/c1-8(2)14-12-6-18-7-13(12)19-15(20-14)9-3-10(16)5-11(17)4-9/h3-5,8,18H,6-7H2,1-2H3. The van der Waals surface area contributed by atoms with E-state index in [9.17, 15) is 0 Å². The number of hydrogen-bond acceptors (Lipinski definition) is 3. The van der Waals surface area contributed by atoms with Crippen LogP contribution in [0.15, 0.2) is 18.2 Å². The molecule has 1 N–H and O–H groups in total. The fraction of sp³-hybridized carbons (Fsp3) is 0.333. The van der Waals surface area contributed by atoms with Crippen LogP contribution in [-0.4, -0.2) is 9.97 Å². The number of nitrogens with zero attached hydrogens (tertiary/aromatic N) is 2. The molecular formula is C15H15Cl2N3. The maximum atomic E-state index is 6.07. The van der Waals surface area contributed by atoms with Crippen LogP contribution in [0.5, 0.6) is 0 Å². The molecule has 1 aromatic heterocycles. The Labute approximate surface area is 128 Å². The molecule has 1 aromatic carbocycles. The van der Waals surface area contributed by atoms with E-state index in [1.165, 1.54) is 5.56 Å². The largest absolute Gasteiger partial charge is 0.307 e. The van der Waals surface area contributed by atoms with Gasteiger partial charge in [-0.15, -0.1) is 0 Å². The van der Waals surface area contributed by atoms with Gasteiger partial charge in [0.25, 0.3) is 0 Å². The van der Waals surface area contributed by atoms with Crippen molar-refractivity contribution in [2.45, 2.75) is 32.9 Å². The minimum Gasteiger partial charge on any atom is -0.307 e. The normalized spacial score (nSPS) is 13.8. The molecular weight excluding hydrogens is 293 g/mol. The first kappa shape index (κ1) is 13.8.